The number of primary amides is 1. The largest absolute Gasteiger partial charge is 0.393 e. The highest BCUT2D eigenvalue weighted by Gasteiger charge is 2.44. The van der Waals surface area contributed by atoms with Crippen LogP contribution in [0.4, 0.5) is 11.8 Å². The van der Waals surface area contributed by atoms with Crippen LogP contribution in [0.2, 0.25) is 0 Å². The van der Waals surface area contributed by atoms with Gasteiger partial charge in [-0.05, 0) is 33.1 Å². The molecule has 9 nitrogen and oxygen atoms in total. The van der Waals surface area contributed by atoms with Crippen molar-refractivity contribution in [3.8, 4) is 0 Å². The van der Waals surface area contributed by atoms with Gasteiger partial charge in [0.25, 0.3) is 5.91 Å². The fraction of sp³-hybridized carbons (Fsp3) is 0.688. The Bertz CT molecular complexity index is 644. The van der Waals surface area contributed by atoms with Crippen molar-refractivity contribution in [3.63, 3.8) is 0 Å². The van der Waals surface area contributed by atoms with Crippen molar-refractivity contribution in [2.24, 2.45) is 11.7 Å². The van der Waals surface area contributed by atoms with Gasteiger partial charge in [-0.25, -0.2) is 4.98 Å². The molecule has 140 valence electrons. The summed E-state index contributed by atoms with van der Waals surface area (Å²) in [7, 11) is 0. The van der Waals surface area contributed by atoms with Crippen LogP contribution in [0, 0.1) is 5.92 Å². The van der Waals surface area contributed by atoms with E-state index in [-0.39, 0.29) is 41.6 Å². The van der Waals surface area contributed by atoms with Crippen molar-refractivity contribution < 1.29 is 20.1 Å². The molecule has 7 N–H and O–H groups in total. The first-order valence-electron chi connectivity index (χ1n) is 8.23. The third-order valence-corrected chi connectivity index (χ3v) is 4.17. The van der Waals surface area contributed by atoms with Crippen molar-refractivity contribution in [2.75, 3.05) is 10.6 Å². The van der Waals surface area contributed by atoms with Gasteiger partial charge in [0.1, 0.15) is 5.82 Å². The number of hydrogen-bond donors (Lipinski definition) is 6. The van der Waals surface area contributed by atoms with Crippen LogP contribution in [0.25, 0.3) is 0 Å². The van der Waals surface area contributed by atoms with Crippen molar-refractivity contribution in [2.45, 2.75) is 64.0 Å². The molecule has 0 saturated heterocycles. The van der Waals surface area contributed by atoms with E-state index in [1.54, 1.807) is 6.92 Å². The van der Waals surface area contributed by atoms with Crippen LogP contribution < -0.4 is 16.4 Å². The molecule has 0 radical (unpaired) electrons. The van der Waals surface area contributed by atoms with Crippen LogP contribution in [0.5, 0.6) is 0 Å². The van der Waals surface area contributed by atoms with Crippen molar-refractivity contribution in [1.82, 2.24) is 9.97 Å². The molecule has 1 heterocycles. The van der Waals surface area contributed by atoms with E-state index in [0.717, 1.165) is 0 Å². The lowest BCUT2D eigenvalue weighted by Gasteiger charge is -2.41. The standard InChI is InChI=1S/C16H27N5O4/c1-8-6-16(24,25)11(5-10(8)22)19-13-9(12(17)23)7-18-14(20-13)21-15(2,3)4/h7-8,10-11,22,24-25H,5-6H2,1-4H3,(H2,17,23)(H2,18,19,20,21). The normalized spacial score (nSPS) is 26.1. The zero-order valence-corrected chi connectivity index (χ0v) is 14.9. The van der Waals surface area contributed by atoms with E-state index in [1.165, 1.54) is 6.20 Å². The SMILES string of the molecule is CC1CC(O)(O)C(Nc2nc(NC(C)(C)C)ncc2C(N)=O)CC1O. The number of carbonyl (C=O) groups is 1. The maximum Gasteiger partial charge on any atom is 0.254 e. The Kier molecular flexibility index (Phi) is 5.22. The lowest BCUT2D eigenvalue weighted by molar-refractivity contribution is -0.211. The molecule has 1 aromatic rings. The van der Waals surface area contributed by atoms with E-state index in [1.807, 2.05) is 20.8 Å². The molecule has 3 atom stereocenters. The van der Waals surface area contributed by atoms with Crippen LogP contribution in [-0.4, -0.2) is 54.7 Å². The van der Waals surface area contributed by atoms with Gasteiger partial charge in [0.05, 0.1) is 17.7 Å². The molecular formula is C16H27N5O4. The van der Waals surface area contributed by atoms with Crippen molar-refractivity contribution >= 4 is 17.7 Å². The highest BCUT2D eigenvalue weighted by molar-refractivity contribution is 5.97. The minimum Gasteiger partial charge on any atom is -0.393 e. The van der Waals surface area contributed by atoms with Crippen LogP contribution >= 0.6 is 0 Å². The molecule has 25 heavy (non-hydrogen) atoms. The van der Waals surface area contributed by atoms with Gasteiger partial charge >= 0.3 is 0 Å². The summed E-state index contributed by atoms with van der Waals surface area (Å²) in [5.74, 6) is -2.68. The second-order valence-corrected chi connectivity index (χ2v) is 7.76. The third kappa shape index (κ3) is 4.77. The number of nitrogens with zero attached hydrogens (tertiary/aromatic N) is 2. The van der Waals surface area contributed by atoms with E-state index in [2.05, 4.69) is 20.6 Å². The Morgan fingerprint density at radius 3 is 2.60 bits per heavy atom. The number of aromatic nitrogens is 2. The first-order chi connectivity index (χ1) is 11.4. The van der Waals surface area contributed by atoms with E-state index in [0.29, 0.717) is 0 Å². The summed E-state index contributed by atoms with van der Waals surface area (Å²) in [6.07, 6.45) is 0.675. The molecule has 1 fully saturated rings. The van der Waals surface area contributed by atoms with E-state index in [9.17, 15) is 20.1 Å². The predicted octanol–water partition coefficient (Wildman–Crippen LogP) is 0.0381. The fourth-order valence-corrected chi connectivity index (χ4v) is 2.82. The number of nitrogens with one attached hydrogen (secondary N) is 2. The number of anilines is 2. The van der Waals surface area contributed by atoms with E-state index < -0.39 is 23.8 Å². The van der Waals surface area contributed by atoms with Gasteiger partial charge in [-0.2, -0.15) is 4.98 Å². The molecule has 3 unspecified atom stereocenters. The van der Waals surface area contributed by atoms with Gasteiger partial charge in [-0.3, -0.25) is 4.79 Å². The van der Waals surface area contributed by atoms with Crippen molar-refractivity contribution in [1.29, 1.82) is 0 Å². The van der Waals surface area contributed by atoms with Gasteiger partial charge in [0, 0.05) is 18.2 Å². The lowest BCUT2D eigenvalue weighted by atomic mass is 9.80. The summed E-state index contributed by atoms with van der Waals surface area (Å²) >= 11 is 0. The van der Waals surface area contributed by atoms with Crippen LogP contribution in [0.1, 0.15) is 50.9 Å². The molecular weight excluding hydrogens is 326 g/mol. The minimum atomic E-state index is -2.05. The summed E-state index contributed by atoms with van der Waals surface area (Å²) < 4.78 is 0. The summed E-state index contributed by atoms with van der Waals surface area (Å²) in [5.41, 5.74) is 5.09. The topological polar surface area (TPSA) is 154 Å². The number of nitrogens with two attached hydrogens (primary N) is 1. The number of rotatable bonds is 4. The molecule has 0 aliphatic heterocycles. The molecule has 1 aliphatic rings. The lowest BCUT2D eigenvalue weighted by Crippen LogP contribution is -2.55. The maximum absolute atomic E-state index is 11.6. The highest BCUT2D eigenvalue weighted by Crippen LogP contribution is 2.33. The maximum atomic E-state index is 11.6. The minimum absolute atomic E-state index is 0.00405. The van der Waals surface area contributed by atoms with E-state index in [4.69, 9.17) is 5.73 Å². The second kappa shape index (κ2) is 6.74. The average molecular weight is 353 g/mol. The summed E-state index contributed by atoms with van der Waals surface area (Å²) in [4.78, 5) is 20.0. The second-order valence-electron chi connectivity index (χ2n) is 7.76. The summed E-state index contributed by atoms with van der Waals surface area (Å²) in [6, 6.07) is -0.908. The Labute approximate surface area is 146 Å². The highest BCUT2D eigenvalue weighted by atomic mass is 16.5. The molecule has 0 spiro atoms. The number of carbonyl (C=O) groups excluding carboxylic acids is 1. The van der Waals surface area contributed by atoms with Gasteiger partial charge in [-0.15, -0.1) is 0 Å². The number of hydrogen-bond acceptors (Lipinski definition) is 8. The van der Waals surface area contributed by atoms with Gasteiger partial charge in [0.15, 0.2) is 5.79 Å². The van der Waals surface area contributed by atoms with Crippen LogP contribution in [0.15, 0.2) is 6.20 Å². The van der Waals surface area contributed by atoms with Gasteiger partial charge in [-0.1, -0.05) is 6.92 Å². The molecule has 9 heteroatoms. The molecule has 1 aromatic heterocycles. The number of amides is 1. The monoisotopic (exact) mass is 353 g/mol. The zero-order chi connectivity index (χ0) is 19.0. The van der Waals surface area contributed by atoms with Crippen molar-refractivity contribution in [3.05, 3.63) is 11.8 Å². The van der Waals surface area contributed by atoms with Gasteiger partial charge < -0.3 is 31.7 Å². The first kappa shape index (κ1) is 19.4. The molecule has 1 saturated carbocycles. The smallest absolute Gasteiger partial charge is 0.254 e. The Morgan fingerprint density at radius 1 is 1.40 bits per heavy atom. The first-order valence-corrected chi connectivity index (χ1v) is 8.23. The quantitative estimate of drug-likeness (QED) is 0.415. The van der Waals surface area contributed by atoms with Crippen LogP contribution in [-0.2, 0) is 0 Å². The zero-order valence-electron chi connectivity index (χ0n) is 14.9. The third-order valence-electron chi connectivity index (χ3n) is 4.17. The predicted molar refractivity (Wildman–Crippen MR) is 92.9 cm³/mol. The number of aliphatic hydroxyl groups is 3. The Balaban J connectivity index is 2.32. The fourth-order valence-electron chi connectivity index (χ4n) is 2.82. The molecule has 2 rings (SSSR count). The summed E-state index contributed by atoms with van der Waals surface area (Å²) in [6.45, 7) is 7.53. The Morgan fingerprint density at radius 2 is 2.04 bits per heavy atom. The molecule has 1 amide bonds. The van der Waals surface area contributed by atoms with E-state index >= 15 is 0 Å². The molecule has 0 aromatic carbocycles. The summed E-state index contributed by atoms with van der Waals surface area (Å²) in [5, 5.41) is 36.5. The van der Waals surface area contributed by atoms with Gasteiger partial charge in [0.2, 0.25) is 5.95 Å². The molecule has 0 bridgehead atoms. The molecule has 1 aliphatic carbocycles. The van der Waals surface area contributed by atoms with Crippen LogP contribution in [0.3, 0.4) is 0 Å². The average Bonchev–Trinajstić information content (AvgIpc) is 2.42. The Hall–Kier alpha value is -1.97. The number of aliphatic hydroxyl groups excluding tert-OH is 1.